The van der Waals surface area contributed by atoms with E-state index in [1.165, 1.54) is 0 Å². The summed E-state index contributed by atoms with van der Waals surface area (Å²) in [6.45, 7) is 3.23. The van der Waals surface area contributed by atoms with Crippen molar-refractivity contribution in [3.63, 3.8) is 0 Å². The predicted octanol–water partition coefficient (Wildman–Crippen LogP) is 0.323. The Bertz CT molecular complexity index is 565. The number of carbonyl (C=O) groups excluding carboxylic acids is 1. The van der Waals surface area contributed by atoms with Crippen LogP contribution in [-0.4, -0.2) is 50.1 Å². The first-order valence-corrected chi connectivity index (χ1v) is 7.90. The van der Waals surface area contributed by atoms with Crippen molar-refractivity contribution in [1.82, 2.24) is 0 Å². The molecule has 0 heterocycles. The van der Waals surface area contributed by atoms with E-state index in [4.69, 9.17) is 0 Å². The Morgan fingerprint density at radius 3 is 2.59 bits per heavy atom. The summed E-state index contributed by atoms with van der Waals surface area (Å²) in [5, 5.41) is 42.1. The standard InChI is InChI=1S/C17H24O5/c1-9-3-14-16(21,15(9)20)7-11(8-18)5-12-6-13(19)4-10(2)17(12,14)22/h3,5,10,12-14,18-19,21-22H,4,6-8H2,1-2H3. The lowest BCUT2D eigenvalue weighted by Gasteiger charge is -2.50. The first-order valence-electron chi connectivity index (χ1n) is 7.90. The summed E-state index contributed by atoms with van der Waals surface area (Å²) in [5.74, 6) is -1.73. The summed E-state index contributed by atoms with van der Waals surface area (Å²) in [7, 11) is 0. The molecule has 1 fully saturated rings. The average Bonchev–Trinajstić information content (AvgIpc) is 2.62. The molecule has 0 bridgehead atoms. The molecule has 22 heavy (non-hydrogen) atoms. The van der Waals surface area contributed by atoms with Crippen LogP contribution in [0.3, 0.4) is 0 Å². The highest BCUT2D eigenvalue weighted by atomic mass is 16.3. The van der Waals surface area contributed by atoms with Crippen molar-refractivity contribution in [3.8, 4) is 0 Å². The highest BCUT2D eigenvalue weighted by Gasteiger charge is 2.62. The molecule has 5 heteroatoms. The second-order valence-electron chi connectivity index (χ2n) is 7.26. The van der Waals surface area contributed by atoms with Crippen molar-refractivity contribution < 1.29 is 25.2 Å². The van der Waals surface area contributed by atoms with Gasteiger partial charge in [0.15, 0.2) is 5.78 Å². The average molecular weight is 308 g/mol. The molecule has 0 aromatic rings. The summed E-state index contributed by atoms with van der Waals surface area (Å²) in [6, 6.07) is 0. The van der Waals surface area contributed by atoms with Gasteiger partial charge in [-0.1, -0.05) is 19.1 Å². The Hall–Kier alpha value is -1.01. The van der Waals surface area contributed by atoms with Gasteiger partial charge in [0.2, 0.25) is 0 Å². The largest absolute Gasteiger partial charge is 0.393 e. The zero-order chi connectivity index (χ0) is 16.3. The van der Waals surface area contributed by atoms with Gasteiger partial charge in [-0.3, -0.25) is 4.79 Å². The monoisotopic (exact) mass is 308 g/mol. The molecule has 0 spiro atoms. The zero-order valence-electron chi connectivity index (χ0n) is 13.0. The lowest BCUT2D eigenvalue weighted by Crippen LogP contribution is -2.60. The van der Waals surface area contributed by atoms with Crippen LogP contribution >= 0.6 is 0 Å². The Balaban J connectivity index is 2.16. The summed E-state index contributed by atoms with van der Waals surface area (Å²) in [5.41, 5.74) is -1.99. The van der Waals surface area contributed by atoms with Crippen LogP contribution in [0.2, 0.25) is 0 Å². The van der Waals surface area contributed by atoms with Crippen LogP contribution in [0, 0.1) is 17.8 Å². The molecule has 3 aliphatic rings. The molecule has 122 valence electrons. The molecule has 0 aliphatic heterocycles. The smallest absolute Gasteiger partial charge is 0.190 e. The molecular formula is C17H24O5. The number of aliphatic hydroxyl groups is 4. The summed E-state index contributed by atoms with van der Waals surface area (Å²) < 4.78 is 0. The van der Waals surface area contributed by atoms with Crippen LogP contribution in [-0.2, 0) is 4.79 Å². The Morgan fingerprint density at radius 1 is 1.27 bits per heavy atom. The van der Waals surface area contributed by atoms with Crippen LogP contribution in [0.25, 0.3) is 0 Å². The minimum absolute atomic E-state index is 0.0302. The van der Waals surface area contributed by atoms with E-state index in [2.05, 4.69) is 0 Å². The number of hydrogen-bond donors (Lipinski definition) is 4. The maximum absolute atomic E-state index is 12.5. The Morgan fingerprint density at radius 2 is 1.95 bits per heavy atom. The maximum atomic E-state index is 12.5. The highest BCUT2D eigenvalue weighted by molar-refractivity contribution is 6.04. The predicted molar refractivity (Wildman–Crippen MR) is 79.8 cm³/mol. The number of aliphatic hydroxyl groups excluding tert-OH is 2. The van der Waals surface area contributed by atoms with Crippen molar-refractivity contribution in [1.29, 1.82) is 0 Å². The second-order valence-corrected chi connectivity index (χ2v) is 7.26. The van der Waals surface area contributed by atoms with Gasteiger partial charge < -0.3 is 20.4 Å². The molecule has 4 N–H and O–H groups in total. The fourth-order valence-electron chi connectivity index (χ4n) is 4.73. The van der Waals surface area contributed by atoms with E-state index < -0.39 is 23.2 Å². The van der Waals surface area contributed by atoms with E-state index in [9.17, 15) is 25.2 Å². The molecule has 0 amide bonds. The topological polar surface area (TPSA) is 98.0 Å². The van der Waals surface area contributed by atoms with Gasteiger partial charge in [0, 0.05) is 18.3 Å². The second kappa shape index (κ2) is 4.99. The van der Waals surface area contributed by atoms with Gasteiger partial charge in [0.05, 0.1) is 18.3 Å². The molecule has 6 atom stereocenters. The number of hydrogen-bond acceptors (Lipinski definition) is 5. The molecule has 1 saturated carbocycles. The third-order valence-electron chi connectivity index (χ3n) is 5.85. The number of fused-ring (bicyclic) bond motifs is 3. The van der Waals surface area contributed by atoms with Gasteiger partial charge in [-0.05, 0) is 36.8 Å². The van der Waals surface area contributed by atoms with E-state index in [0.29, 0.717) is 24.0 Å². The molecule has 0 aromatic heterocycles. The Labute approximate surface area is 130 Å². The van der Waals surface area contributed by atoms with Gasteiger partial charge >= 0.3 is 0 Å². The van der Waals surface area contributed by atoms with E-state index in [0.717, 1.165) is 0 Å². The van der Waals surface area contributed by atoms with Crippen molar-refractivity contribution in [2.45, 2.75) is 50.4 Å². The van der Waals surface area contributed by atoms with Crippen LogP contribution in [0.1, 0.15) is 33.1 Å². The SMILES string of the molecule is CC1=CC2C(O)(CC(CO)=CC3CC(O)CC(C)C32O)C1=O. The first-order chi connectivity index (χ1) is 10.2. The van der Waals surface area contributed by atoms with Crippen LogP contribution in [0.5, 0.6) is 0 Å². The quantitative estimate of drug-likeness (QED) is 0.523. The number of carbonyl (C=O) groups is 1. The minimum Gasteiger partial charge on any atom is -0.393 e. The normalized spacial score (nSPS) is 48.2. The van der Waals surface area contributed by atoms with Crippen molar-refractivity contribution in [2.24, 2.45) is 17.8 Å². The van der Waals surface area contributed by atoms with Gasteiger partial charge in [-0.2, -0.15) is 0 Å². The van der Waals surface area contributed by atoms with Crippen molar-refractivity contribution in [3.05, 3.63) is 23.3 Å². The van der Waals surface area contributed by atoms with Gasteiger partial charge in [0.1, 0.15) is 5.60 Å². The highest BCUT2D eigenvalue weighted by Crippen LogP contribution is 2.54. The molecule has 0 aromatic carbocycles. The fraction of sp³-hybridized carbons (Fsp3) is 0.706. The molecule has 3 aliphatic carbocycles. The number of ketones is 1. The maximum Gasteiger partial charge on any atom is 0.190 e. The van der Waals surface area contributed by atoms with Crippen LogP contribution < -0.4 is 0 Å². The van der Waals surface area contributed by atoms with Gasteiger partial charge in [-0.15, -0.1) is 0 Å². The summed E-state index contributed by atoms with van der Waals surface area (Å²) >= 11 is 0. The van der Waals surface area contributed by atoms with E-state index >= 15 is 0 Å². The summed E-state index contributed by atoms with van der Waals surface area (Å²) in [6.07, 6.45) is 3.75. The van der Waals surface area contributed by atoms with Crippen LogP contribution in [0.15, 0.2) is 23.3 Å². The third-order valence-corrected chi connectivity index (χ3v) is 5.85. The summed E-state index contributed by atoms with van der Waals surface area (Å²) in [4.78, 5) is 12.5. The molecule has 0 radical (unpaired) electrons. The van der Waals surface area contributed by atoms with Gasteiger partial charge in [0.25, 0.3) is 0 Å². The Kier molecular flexibility index (Phi) is 3.60. The fourth-order valence-corrected chi connectivity index (χ4v) is 4.73. The molecule has 3 rings (SSSR count). The zero-order valence-corrected chi connectivity index (χ0v) is 13.0. The molecule has 5 nitrogen and oxygen atoms in total. The molecular weight excluding hydrogens is 284 g/mol. The first kappa shape index (κ1) is 15.9. The van der Waals surface area contributed by atoms with Crippen molar-refractivity contribution >= 4 is 5.78 Å². The van der Waals surface area contributed by atoms with Crippen molar-refractivity contribution in [2.75, 3.05) is 6.61 Å². The van der Waals surface area contributed by atoms with E-state index in [1.807, 2.05) is 6.92 Å². The lowest BCUT2D eigenvalue weighted by molar-refractivity contribution is -0.175. The minimum atomic E-state index is -1.70. The lowest BCUT2D eigenvalue weighted by atomic mass is 9.60. The van der Waals surface area contributed by atoms with Gasteiger partial charge in [-0.25, -0.2) is 0 Å². The van der Waals surface area contributed by atoms with E-state index in [-0.39, 0.29) is 30.6 Å². The third kappa shape index (κ3) is 1.96. The molecule has 6 unspecified atom stereocenters. The van der Waals surface area contributed by atoms with Crippen LogP contribution in [0.4, 0.5) is 0 Å². The number of rotatable bonds is 1. The van der Waals surface area contributed by atoms with E-state index in [1.54, 1.807) is 19.1 Å². The number of Topliss-reactive ketones (excluding diaryl/α,β-unsaturated/α-hetero) is 1. The molecule has 0 saturated heterocycles.